The monoisotopic (exact) mass is 205 g/mol. The summed E-state index contributed by atoms with van der Waals surface area (Å²) in [5.74, 6) is 0.962. The summed E-state index contributed by atoms with van der Waals surface area (Å²) in [4.78, 5) is 0. The van der Waals surface area contributed by atoms with Crippen molar-refractivity contribution < 1.29 is 4.74 Å². The van der Waals surface area contributed by atoms with Gasteiger partial charge in [0.05, 0.1) is 7.11 Å². The van der Waals surface area contributed by atoms with Gasteiger partial charge in [0.1, 0.15) is 5.75 Å². The van der Waals surface area contributed by atoms with Gasteiger partial charge in [0.2, 0.25) is 0 Å². The van der Waals surface area contributed by atoms with Gasteiger partial charge in [-0.25, -0.2) is 0 Å². The molecule has 1 aliphatic rings. The van der Waals surface area contributed by atoms with Gasteiger partial charge >= 0.3 is 0 Å². The van der Waals surface area contributed by atoms with Crippen LogP contribution in [0.2, 0.25) is 0 Å². The fourth-order valence-corrected chi connectivity index (χ4v) is 2.23. The van der Waals surface area contributed by atoms with Crippen LogP contribution in [-0.4, -0.2) is 13.7 Å². The average Bonchev–Trinajstić information content (AvgIpc) is 2.37. The zero-order valence-electron chi connectivity index (χ0n) is 9.76. The van der Waals surface area contributed by atoms with Crippen LogP contribution in [0.3, 0.4) is 0 Å². The largest absolute Gasteiger partial charge is 0.497 e. The second-order valence-electron chi connectivity index (χ2n) is 4.83. The minimum Gasteiger partial charge on any atom is -0.497 e. The van der Waals surface area contributed by atoms with Crippen molar-refractivity contribution >= 4 is 0 Å². The lowest BCUT2D eigenvalue weighted by molar-refractivity contribution is 0.410. The summed E-state index contributed by atoms with van der Waals surface area (Å²) in [7, 11) is 1.73. The number of fused-ring (bicyclic) bond motifs is 1. The third-order valence-electron chi connectivity index (χ3n) is 3.29. The Bertz CT molecular complexity index is 358. The van der Waals surface area contributed by atoms with Gasteiger partial charge in [-0.2, -0.15) is 0 Å². The maximum absolute atomic E-state index is 5.29. The molecule has 1 aliphatic heterocycles. The second-order valence-corrected chi connectivity index (χ2v) is 4.83. The van der Waals surface area contributed by atoms with E-state index in [1.165, 1.54) is 17.5 Å². The van der Waals surface area contributed by atoms with Gasteiger partial charge in [-0.3, -0.25) is 0 Å². The number of benzene rings is 1. The smallest absolute Gasteiger partial charge is 0.119 e. The average molecular weight is 205 g/mol. The summed E-state index contributed by atoms with van der Waals surface area (Å²) in [6, 6.07) is 6.40. The summed E-state index contributed by atoms with van der Waals surface area (Å²) in [6.07, 6.45) is 1.17. The maximum atomic E-state index is 5.29. The van der Waals surface area contributed by atoms with Crippen LogP contribution in [0, 0.1) is 0 Å². The van der Waals surface area contributed by atoms with Crippen LogP contribution in [0.4, 0.5) is 0 Å². The Kier molecular flexibility index (Phi) is 2.70. The number of rotatable bonds is 1. The first kappa shape index (κ1) is 10.5. The van der Waals surface area contributed by atoms with Crippen molar-refractivity contribution in [2.75, 3.05) is 13.7 Å². The van der Waals surface area contributed by atoms with Gasteiger partial charge in [-0.1, -0.05) is 19.9 Å². The van der Waals surface area contributed by atoms with Crippen molar-refractivity contribution in [3.63, 3.8) is 0 Å². The van der Waals surface area contributed by atoms with Crippen LogP contribution < -0.4 is 10.1 Å². The van der Waals surface area contributed by atoms with Crippen molar-refractivity contribution in [1.29, 1.82) is 0 Å². The quantitative estimate of drug-likeness (QED) is 0.760. The maximum Gasteiger partial charge on any atom is 0.119 e. The molecule has 0 saturated carbocycles. The zero-order chi connectivity index (χ0) is 10.9. The lowest BCUT2D eigenvalue weighted by Crippen LogP contribution is -2.20. The van der Waals surface area contributed by atoms with Crippen molar-refractivity contribution in [1.82, 2.24) is 5.32 Å². The Morgan fingerprint density at radius 3 is 2.87 bits per heavy atom. The molecule has 0 saturated heterocycles. The second kappa shape index (κ2) is 3.86. The third-order valence-corrected chi connectivity index (χ3v) is 3.29. The molecule has 0 aliphatic carbocycles. The predicted molar refractivity (Wildman–Crippen MR) is 62.3 cm³/mol. The Labute approximate surface area is 91.6 Å². The molecule has 2 heteroatoms. The highest BCUT2D eigenvalue weighted by atomic mass is 16.5. The molecule has 0 bridgehead atoms. The molecule has 1 heterocycles. The number of methoxy groups -OCH3 is 1. The van der Waals surface area contributed by atoms with Crippen molar-refractivity contribution in [2.24, 2.45) is 0 Å². The van der Waals surface area contributed by atoms with Crippen molar-refractivity contribution in [3.05, 3.63) is 29.3 Å². The van der Waals surface area contributed by atoms with E-state index >= 15 is 0 Å². The Morgan fingerprint density at radius 2 is 2.13 bits per heavy atom. The summed E-state index contributed by atoms with van der Waals surface area (Å²) in [5.41, 5.74) is 3.07. The van der Waals surface area contributed by atoms with Crippen LogP contribution >= 0.6 is 0 Å². The van der Waals surface area contributed by atoms with E-state index in [2.05, 4.69) is 31.3 Å². The molecule has 0 fully saturated rings. The lowest BCUT2D eigenvalue weighted by Gasteiger charge is -2.25. The summed E-state index contributed by atoms with van der Waals surface area (Å²) < 4.78 is 5.29. The molecule has 1 aromatic carbocycles. The van der Waals surface area contributed by atoms with E-state index in [1.807, 2.05) is 6.07 Å². The molecule has 15 heavy (non-hydrogen) atoms. The topological polar surface area (TPSA) is 21.3 Å². The summed E-state index contributed by atoms with van der Waals surface area (Å²) in [5, 5.41) is 3.46. The van der Waals surface area contributed by atoms with Crippen LogP contribution in [0.1, 0.15) is 31.4 Å². The highest BCUT2D eigenvalue weighted by Gasteiger charge is 2.25. The SMILES string of the molecule is COc1ccc2c(c1)C(C)(C)CCNC2. The minimum absolute atomic E-state index is 0.243. The highest BCUT2D eigenvalue weighted by Crippen LogP contribution is 2.33. The first-order valence-corrected chi connectivity index (χ1v) is 5.51. The van der Waals surface area contributed by atoms with Crippen LogP contribution in [-0.2, 0) is 12.0 Å². The van der Waals surface area contributed by atoms with E-state index in [0.717, 1.165) is 18.8 Å². The molecule has 1 aromatic rings. The number of ether oxygens (including phenoxy) is 1. The zero-order valence-corrected chi connectivity index (χ0v) is 9.76. The minimum atomic E-state index is 0.243. The Morgan fingerprint density at radius 1 is 1.33 bits per heavy atom. The Balaban J connectivity index is 2.48. The van der Waals surface area contributed by atoms with Gasteiger partial charge < -0.3 is 10.1 Å². The van der Waals surface area contributed by atoms with E-state index in [0.29, 0.717) is 0 Å². The van der Waals surface area contributed by atoms with Gasteiger partial charge in [0.15, 0.2) is 0 Å². The van der Waals surface area contributed by atoms with E-state index < -0.39 is 0 Å². The number of hydrogen-bond acceptors (Lipinski definition) is 2. The summed E-state index contributed by atoms with van der Waals surface area (Å²) in [6.45, 7) is 6.67. The molecule has 0 atom stereocenters. The van der Waals surface area contributed by atoms with Gasteiger partial charge in [0, 0.05) is 6.54 Å². The number of nitrogens with one attached hydrogen (secondary N) is 1. The molecular formula is C13H19NO. The molecule has 0 amide bonds. The molecule has 2 rings (SSSR count). The molecule has 0 spiro atoms. The van der Waals surface area contributed by atoms with Gasteiger partial charge in [-0.05, 0) is 41.6 Å². The normalized spacial score (nSPS) is 19.1. The van der Waals surface area contributed by atoms with E-state index in [9.17, 15) is 0 Å². The van der Waals surface area contributed by atoms with Crippen LogP contribution in [0.15, 0.2) is 18.2 Å². The van der Waals surface area contributed by atoms with Gasteiger partial charge in [-0.15, -0.1) is 0 Å². The van der Waals surface area contributed by atoms with Crippen LogP contribution in [0.5, 0.6) is 5.75 Å². The van der Waals surface area contributed by atoms with Crippen molar-refractivity contribution in [2.45, 2.75) is 32.2 Å². The summed E-state index contributed by atoms with van der Waals surface area (Å²) >= 11 is 0. The molecule has 0 radical (unpaired) electrons. The molecule has 2 nitrogen and oxygen atoms in total. The fraction of sp³-hybridized carbons (Fsp3) is 0.538. The number of hydrogen-bond donors (Lipinski definition) is 1. The van der Waals surface area contributed by atoms with Crippen molar-refractivity contribution in [3.8, 4) is 5.75 Å². The standard InChI is InChI=1S/C13H19NO/c1-13(2)6-7-14-9-10-4-5-11(15-3)8-12(10)13/h4-5,8,14H,6-7,9H2,1-3H3. The van der Waals surface area contributed by atoms with Gasteiger partial charge in [0.25, 0.3) is 0 Å². The Hall–Kier alpha value is -1.02. The fourth-order valence-electron chi connectivity index (χ4n) is 2.23. The molecular weight excluding hydrogens is 186 g/mol. The predicted octanol–water partition coefficient (Wildman–Crippen LogP) is 2.47. The van der Waals surface area contributed by atoms with E-state index in [4.69, 9.17) is 4.74 Å². The third kappa shape index (κ3) is 2.00. The highest BCUT2D eigenvalue weighted by molar-refractivity contribution is 5.40. The first-order valence-electron chi connectivity index (χ1n) is 5.51. The van der Waals surface area contributed by atoms with E-state index in [-0.39, 0.29) is 5.41 Å². The van der Waals surface area contributed by atoms with E-state index in [1.54, 1.807) is 7.11 Å². The first-order chi connectivity index (χ1) is 7.13. The lowest BCUT2D eigenvalue weighted by atomic mass is 9.80. The molecule has 1 N–H and O–H groups in total. The molecule has 82 valence electrons. The molecule has 0 aromatic heterocycles. The molecule has 0 unspecified atom stereocenters. The van der Waals surface area contributed by atoms with Crippen LogP contribution in [0.25, 0.3) is 0 Å².